The van der Waals surface area contributed by atoms with Crippen molar-refractivity contribution in [2.24, 2.45) is 0 Å². The first-order valence-electron chi connectivity index (χ1n) is 8.09. The number of nitrogens with one attached hydrogen (secondary N) is 2. The SMILES string of the molecule is O=C(CCSc1ccc(Br)cc1)NCCNC(=O)Cc1ccccc1. The average molecular weight is 421 g/mol. The molecule has 0 atom stereocenters. The van der Waals surface area contributed by atoms with Crippen molar-refractivity contribution in [3.05, 3.63) is 64.6 Å². The van der Waals surface area contributed by atoms with E-state index in [9.17, 15) is 9.59 Å². The van der Waals surface area contributed by atoms with Gasteiger partial charge in [-0.05, 0) is 29.8 Å². The Kier molecular flexibility index (Phi) is 8.55. The molecule has 0 bridgehead atoms. The summed E-state index contributed by atoms with van der Waals surface area (Å²) in [4.78, 5) is 24.7. The van der Waals surface area contributed by atoms with Crippen molar-refractivity contribution < 1.29 is 9.59 Å². The smallest absolute Gasteiger partial charge is 0.224 e. The molecule has 0 aliphatic carbocycles. The van der Waals surface area contributed by atoms with Crippen molar-refractivity contribution in [1.82, 2.24) is 10.6 Å². The molecule has 6 heteroatoms. The Labute approximate surface area is 160 Å². The van der Waals surface area contributed by atoms with E-state index >= 15 is 0 Å². The maximum absolute atomic E-state index is 11.8. The van der Waals surface area contributed by atoms with E-state index in [1.807, 2.05) is 54.6 Å². The summed E-state index contributed by atoms with van der Waals surface area (Å²) in [7, 11) is 0. The minimum atomic E-state index is -0.0359. The molecule has 0 radical (unpaired) electrons. The molecule has 0 aliphatic heterocycles. The summed E-state index contributed by atoms with van der Waals surface area (Å²) in [5, 5.41) is 5.63. The fraction of sp³-hybridized carbons (Fsp3) is 0.263. The maximum Gasteiger partial charge on any atom is 0.224 e. The number of hydrogen-bond acceptors (Lipinski definition) is 3. The number of thioether (sulfide) groups is 1. The molecule has 0 fully saturated rings. The van der Waals surface area contributed by atoms with Crippen molar-refractivity contribution >= 4 is 39.5 Å². The zero-order valence-corrected chi connectivity index (χ0v) is 16.2. The molecule has 25 heavy (non-hydrogen) atoms. The van der Waals surface area contributed by atoms with Gasteiger partial charge < -0.3 is 10.6 Å². The molecule has 2 aromatic rings. The second-order valence-corrected chi connectivity index (χ2v) is 7.50. The van der Waals surface area contributed by atoms with E-state index in [0.717, 1.165) is 20.7 Å². The Morgan fingerprint density at radius 1 is 0.880 bits per heavy atom. The molecular weight excluding hydrogens is 400 g/mol. The predicted molar refractivity (Wildman–Crippen MR) is 106 cm³/mol. The number of amides is 2. The summed E-state index contributed by atoms with van der Waals surface area (Å²) in [6, 6.07) is 17.6. The molecule has 0 saturated heterocycles. The predicted octanol–water partition coefficient (Wildman–Crippen LogP) is 3.41. The summed E-state index contributed by atoms with van der Waals surface area (Å²) in [6.07, 6.45) is 0.817. The second-order valence-electron chi connectivity index (χ2n) is 5.41. The van der Waals surface area contributed by atoms with Gasteiger partial charge in [0.15, 0.2) is 0 Å². The molecule has 2 amide bonds. The Bertz CT molecular complexity index is 678. The van der Waals surface area contributed by atoms with Gasteiger partial charge in [0.25, 0.3) is 0 Å². The van der Waals surface area contributed by atoms with Crippen LogP contribution >= 0.6 is 27.7 Å². The van der Waals surface area contributed by atoms with Crippen molar-refractivity contribution in [1.29, 1.82) is 0 Å². The lowest BCUT2D eigenvalue weighted by atomic mass is 10.1. The van der Waals surface area contributed by atoms with E-state index in [2.05, 4.69) is 26.6 Å². The molecule has 0 unspecified atom stereocenters. The normalized spacial score (nSPS) is 10.3. The topological polar surface area (TPSA) is 58.2 Å². The van der Waals surface area contributed by atoms with E-state index in [4.69, 9.17) is 0 Å². The monoisotopic (exact) mass is 420 g/mol. The molecule has 132 valence electrons. The number of benzene rings is 2. The Morgan fingerprint density at radius 3 is 2.20 bits per heavy atom. The highest BCUT2D eigenvalue weighted by molar-refractivity contribution is 9.10. The number of carbonyl (C=O) groups excluding carboxylic acids is 2. The van der Waals surface area contributed by atoms with Crippen LogP contribution in [0.25, 0.3) is 0 Å². The van der Waals surface area contributed by atoms with Gasteiger partial charge in [-0.15, -0.1) is 11.8 Å². The number of halogens is 1. The quantitative estimate of drug-likeness (QED) is 0.482. The van der Waals surface area contributed by atoms with Crippen molar-refractivity contribution in [2.75, 3.05) is 18.8 Å². The zero-order chi connectivity index (χ0) is 17.9. The van der Waals surface area contributed by atoms with Crippen LogP contribution in [-0.4, -0.2) is 30.7 Å². The third-order valence-electron chi connectivity index (χ3n) is 3.39. The molecule has 2 aromatic carbocycles. The lowest BCUT2D eigenvalue weighted by Gasteiger charge is -2.07. The first-order valence-corrected chi connectivity index (χ1v) is 9.87. The largest absolute Gasteiger partial charge is 0.354 e. The molecule has 2 rings (SSSR count). The van der Waals surface area contributed by atoms with Gasteiger partial charge in [-0.1, -0.05) is 46.3 Å². The third-order valence-corrected chi connectivity index (χ3v) is 4.93. The first kappa shape index (κ1) is 19.5. The first-order chi connectivity index (χ1) is 12.1. The number of carbonyl (C=O) groups is 2. The average Bonchev–Trinajstić information content (AvgIpc) is 2.61. The lowest BCUT2D eigenvalue weighted by molar-refractivity contribution is -0.122. The van der Waals surface area contributed by atoms with Gasteiger partial charge >= 0.3 is 0 Å². The minimum absolute atomic E-state index is 0.00178. The maximum atomic E-state index is 11.8. The fourth-order valence-corrected chi connectivity index (χ4v) is 3.24. The molecule has 0 aliphatic rings. The minimum Gasteiger partial charge on any atom is -0.354 e. The highest BCUT2D eigenvalue weighted by Gasteiger charge is 2.04. The molecule has 2 N–H and O–H groups in total. The van der Waals surface area contributed by atoms with Crippen molar-refractivity contribution in [2.45, 2.75) is 17.7 Å². The van der Waals surface area contributed by atoms with Crippen LogP contribution in [0.5, 0.6) is 0 Å². The fourth-order valence-electron chi connectivity index (χ4n) is 2.13. The van der Waals surface area contributed by atoms with E-state index in [0.29, 0.717) is 25.9 Å². The van der Waals surface area contributed by atoms with Crippen LogP contribution in [-0.2, 0) is 16.0 Å². The van der Waals surface area contributed by atoms with Crippen LogP contribution in [0.4, 0.5) is 0 Å². The van der Waals surface area contributed by atoms with Gasteiger partial charge in [-0.3, -0.25) is 9.59 Å². The molecule has 4 nitrogen and oxygen atoms in total. The van der Waals surface area contributed by atoms with E-state index in [1.54, 1.807) is 11.8 Å². The van der Waals surface area contributed by atoms with Crippen LogP contribution in [0, 0.1) is 0 Å². The summed E-state index contributed by atoms with van der Waals surface area (Å²) in [5.41, 5.74) is 0.981. The van der Waals surface area contributed by atoms with Crippen LogP contribution in [0.15, 0.2) is 64.0 Å². The molecule has 0 heterocycles. The van der Waals surface area contributed by atoms with Gasteiger partial charge in [-0.25, -0.2) is 0 Å². The standard InChI is InChI=1S/C19H21BrN2O2S/c20-16-6-8-17(9-7-16)25-13-10-18(23)21-11-12-22-19(24)14-15-4-2-1-3-5-15/h1-9H,10-14H2,(H,21,23)(H,22,24). The zero-order valence-electron chi connectivity index (χ0n) is 13.8. The van der Waals surface area contributed by atoms with E-state index in [-0.39, 0.29) is 11.8 Å². The van der Waals surface area contributed by atoms with E-state index in [1.165, 1.54) is 0 Å². The van der Waals surface area contributed by atoms with Gasteiger partial charge in [0.2, 0.25) is 11.8 Å². The highest BCUT2D eigenvalue weighted by Crippen LogP contribution is 2.20. The van der Waals surface area contributed by atoms with Crippen LogP contribution < -0.4 is 10.6 Å². The molecule has 0 spiro atoms. The van der Waals surface area contributed by atoms with E-state index < -0.39 is 0 Å². The number of rotatable bonds is 9. The summed E-state index contributed by atoms with van der Waals surface area (Å²) in [5.74, 6) is 0.696. The summed E-state index contributed by atoms with van der Waals surface area (Å²) in [6.45, 7) is 0.888. The van der Waals surface area contributed by atoms with Crippen LogP contribution in [0.3, 0.4) is 0 Å². The molecular formula is C19H21BrN2O2S. The van der Waals surface area contributed by atoms with Crippen molar-refractivity contribution in [3.8, 4) is 0 Å². The molecule has 0 saturated carbocycles. The second kappa shape index (κ2) is 10.9. The third kappa shape index (κ3) is 8.23. The summed E-state index contributed by atoms with van der Waals surface area (Å²) >= 11 is 5.05. The Hall–Kier alpha value is -1.79. The Balaban J connectivity index is 1.53. The van der Waals surface area contributed by atoms with Gasteiger partial charge in [0, 0.05) is 34.6 Å². The molecule has 0 aromatic heterocycles. The highest BCUT2D eigenvalue weighted by atomic mass is 79.9. The number of hydrogen-bond donors (Lipinski definition) is 2. The lowest BCUT2D eigenvalue weighted by Crippen LogP contribution is -2.35. The summed E-state index contributed by atoms with van der Waals surface area (Å²) < 4.78 is 1.05. The van der Waals surface area contributed by atoms with Crippen LogP contribution in [0.1, 0.15) is 12.0 Å². The van der Waals surface area contributed by atoms with Gasteiger partial charge in [0.05, 0.1) is 6.42 Å². The van der Waals surface area contributed by atoms with Crippen molar-refractivity contribution in [3.63, 3.8) is 0 Å². The van der Waals surface area contributed by atoms with Gasteiger partial charge in [-0.2, -0.15) is 0 Å². The Morgan fingerprint density at radius 2 is 1.52 bits per heavy atom. The van der Waals surface area contributed by atoms with Gasteiger partial charge in [0.1, 0.15) is 0 Å². The van der Waals surface area contributed by atoms with Crippen LogP contribution in [0.2, 0.25) is 0 Å².